The molecule has 0 saturated heterocycles. The van der Waals surface area contributed by atoms with Crippen molar-refractivity contribution in [3.05, 3.63) is 0 Å². The van der Waals surface area contributed by atoms with E-state index in [0.29, 0.717) is 6.04 Å². The van der Waals surface area contributed by atoms with Crippen LogP contribution in [0.2, 0.25) is 0 Å². The molecule has 0 aliphatic heterocycles. The first-order valence-corrected chi connectivity index (χ1v) is 7.47. The van der Waals surface area contributed by atoms with Gasteiger partial charge in [0.1, 0.15) is 0 Å². The summed E-state index contributed by atoms with van der Waals surface area (Å²) >= 11 is 0. The minimum Gasteiger partial charge on any atom is -0.394 e. The molecular weight excluding hydrogens is 224 g/mol. The molecule has 1 fully saturated rings. The zero-order chi connectivity index (χ0) is 13.8. The Bertz CT molecular complexity index is 235. The van der Waals surface area contributed by atoms with Crippen molar-refractivity contribution in [1.29, 1.82) is 0 Å². The Kier molecular flexibility index (Phi) is 6.09. The van der Waals surface area contributed by atoms with Crippen LogP contribution in [-0.2, 0) is 0 Å². The average Bonchev–Trinajstić information content (AvgIpc) is 3.13. The minimum absolute atomic E-state index is 0.148. The Hall–Kier alpha value is -0.120. The molecule has 3 heteroatoms. The number of hydrogen-bond acceptors (Lipinski definition) is 3. The fourth-order valence-corrected chi connectivity index (χ4v) is 2.59. The summed E-state index contributed by atoms with van der Waals surface area (Å²) in [6.07, 6.45) is 5.00. The van der Waals surface area contributed by atoms with Crippen molar-refractivity contribution in [2.45, 2.75) is 71.0 Å². The Morgan fingerprint density at radius 3 is 2.33 bits per heavy atom. The Labute approximate surface area is 113 Å². The summed E-state index contributed by atoms with van der Waals surface area (Å²) in [5.41, 5.74) is -0.148. The third kappa shape index (κ3) is 4.87. The molecule has 0 bridgehead atoms. The van der Waals surface area contributed by atoms with Gasteiger partial charge in [-0.3, -0.25) is 4.90 Å². The van der Waals surface area contributed by atoms with Gasteiger partial charge in [0.15, 0.2) is 0 Å². The summed E-state index contributed by atoms with van der Waals surface area (Å²) in [4.78, 5) is 2.66. The zero-order valence-electron chi connectivity index (χ0n) is 12.9. The summed E-state index contributed by atoms with van der Waals surface area (Å²) in [6.45, 7) is 10.4. The quantitative estimate of drug-likeness (QED) is 0.664. The first-order chi connectivity index (χ1) is 8.41. The van der Waals surface area contributed by atoms with E-state index in [2.05, 4.69) is 37.9 Å². The smallest absolute Gasteiger partial charge is 0.0611 e. The van der Waals surface area contributed by atoms with Gasteiger partial charge in [-0.15, -0.1) is 0 Å². The van der Waals surface area contributed by atoms with Gasteiger partial charge in [-0.1, -0.05) is 13.8 Å². The lowest BCUT2D eigenvalue weighted by Gasteiger charge is -2.36. The maximum atomic E-state index is 9.51. The number of nitrogens with zero attached hydrogens (tertiary/aromatic N) is 1. The van der Waals surface area contributed by atoms with Crippen molar-refractivity contribution in [2.24, 2.45) is 5.92 Å². The van der Waals surface area contributed by atoms with Gasteiger partial charge < -0.3 is 10.4 Å². The summed E-state index contributed by atoms with van der Waals surface area (Å²) in [5.74, 6) is 0.770. The van der Waals surface area contributed by atoms with E-state index in [-0.39, 0.29) is 12.1 Å². The average molecular weight is 256 g/mol. The van der Waals surface area contributed by atoms with Crippen LogP contribution in [-0.4, -0.2) is 47.8 Å². The van der Waals surface area contributed by atoms with Crippen LogP contribution in [0, 0.1) is 5.92 Å². The summed E-state index contributed by atoms with van der Waals surface area (Å²) in [5, 5.41) is 12.8. The van der Waals surface area contributed by atoms with E-state index in [1.54, 1.807) is 0 Å². The van der Waals surface area contributed by atoms with E-state index in [1.807, 2.05) is 7.05 Å². The predicted octanol–water partition coefficient (Wildman–Crippen LogP) is 2.25. The van der Waals surface area contributed by atoms with Crippen LogP contribution in [0.5, 0.6) is 0 Å². The highest BCUT2D eigenvalue weighted by atomic mass is 16.3. The van der Waals surface area contributed by atoms with Crippen molar-refractivity contribution in [2.75, 3.05) is 20.2 Å². The molecule has 0 aromatic heterocycles. The number of likely N-dealkylation sites (N-methyl/N-ethyl adjacent to an activating group) is 1. The van der Waals surface area contributed by atoms with E-state index in [9.17, 15) is 5.11 Å². The molecule has 1 aliphatic rings. The molecule has 0 aromatic rings. The molecule has 2 unspecified atom stereocenters. The molecule has 1 aliphatic carbocycles. The fourth-order valence-electron chi connectivity index (χ4n) is 2.59. The van der Waals surface area contributed by atoms with Crippen LogP contribution in [0.15, 0.2) is 0 Å². The molecule has 18 heavy (non-hydrogen) atoms. The van der Waals surface area contributed by atoms with E-state index in [4.69, 9.17) is 0 Å². The molecule has 0 spiro atoms. The third-order valence-corrected chi connectivity index (χ3v) is 4.25. The summed E-state index contributed by atoms with van der Waals surface area (Å²) < 4.78 is 0. The molecule has 0 amide bonds. The van der Waals surface area contributed by atoms with Gasteiger partial charge in [0.05, 0.1) is 6.61 Å². The topological polar surface area (TPSA) is 35.5 Å². The molecule has 0 heterocycles. The second kappa shape index (κ2) is 6.88. The minimum atomic E-state index is -0.148. The van der Waals surface area contributed by atoms with E-state index in [0.717, 1.165) is 18.4 Å². The maximum Gasteiger partial charge on any atom is 0.0611 e. The molecule has 0 aromatic carbocycles. The van der Waals surface area contributed by atoms with Crippen LogP contribution < -0.4 is 5.32 Å². The van der Waals surface area contributed by atoms with Gasteiger partial charge in [-0.2, -0.15) is 0 Å². The van der Waals surface area contributed by atoms with Crippen LogP contribution >= 0.6 is 0 Å². The second-order valence-electron chi connectivity index (χ2n) is 6.67. The lowest BCUT2D eigenvalue weighted by Crippen LogP contribution is -2.49. The predicted molar refractivity (Wildman–Crippen MR) is 77.8 cm³/mol. The molecule has 108 valence electrons. The zero-order valence-corrected chi connectivity index (χ0v) is 12.9. The van der Waals surface area contributed by atoms with Crippen molar-refractivity contribution in [3.8, 4) is 0 Å². The van der Waals surface area contributed by atoms with Crippen molar-refractivity contribution >= 4 is 0 Å². The monoisotopic (exact) mass is 256 g/mol. The number of aliphatic hydroxyl groups is 1. The van der Waals surface area contributed by atoms with Crippen LogP contribution in [0.4, 0.5) is 0 Å². The Balaban J connectivity index is 2.51. The number of hydrogen-bond donors (Lipinski definition) is 2. The van der Waals surface area contributed by atoms with Gasteiger partial charge in [0, 0.05) is 17.6 Å². The summed E-state index contributed by atoms with van der Waals surface area (Å²) in [7, 11) is 1.94. The second-order valence-corrected chi connectivity index (χ2v) is 6.67. The SMILES string of the molecule is CNC(C)(CO)CC(C)N(CCC(C)C)C1CC1. The lowest BCUT2D eigenvalue weighted by atomic mass is 9.93. The number of aliphatic hydroxyl groups excluding tert-OH is 1. The van der Waals surface area contributed by atoms with Crippen LogP contribution in [0.25, 0.3) is 0 Å². The van der Waals surface area contributed by atoms with Crippen molar-refractivity contribution < 1.29 is 5.11 Å². The van der Waals surface area contributed by atoms with Crippen molar-refractivity contribution in [1.82, 2.24) is 10.2 Å². The molecule has 3 nitrogen and oxygen atoms in total. The standard InChI is InChI=1S/C15H32N2O/c1-12(2)8-9-17(14-6-7-14)13(3)10-15(4,11-18)16-5/h12-14,16,18H,6-11H2,1-5H3. The van der Waals surface area contributed by atoms with Gasteiger partial charge in [-0.05, 0) is 59.0 Å². The highest BCUT2D eigenvalue weighted by Crippen LogP contribution is 2.31. The third-order valence-electron chi connectivity index (χ3n) is 4.25. The number of nitrogens with one attached hydrogen (secondary N) is 1. The molecule has 1 rings (SSSR count). The largest absolute Gasteiger partial charge is 0.394 e. The number of rotatable bonds is 9. The van der Waals surface area contributed by atoms with Gasteiger partial charge in [-0.25, -0.2) is 0 Å². The highest BCUT2D eigenvalue weighted by molar-refractivity contribution is 4.92. The maximum absolute atomic E-state index is 9.51. The van der Waals surface area contributed by atoms with E-state index in [1.165, 1.54) is 25.8 Å². The first-order valence-electron chi connectivity index (χ1n) is 7.47. The van der Waals surface area contributed by atoms with E-state index >= 15 is 0 Å². The lowest BCUT2D eigenvalue weighted by molar-refractivity contribution is 0.111. The van der Waals surface area contributed by atoms with Crippen molar-refractivity contribution in [3.63, 3.8) is 0 Å². The van der Waals surface area contributed by atoms with Gasteiger partial charge in [0.25, 0.3) is 0 Å². The van der Waals surface area contributed by atoms with Gasteiger partial charge >= 0.3 is 0 Å². The van der Waals surface area contributed by atoms with Crippen LogP contribution in [0.1, 0.15) is 53.4 Å². The summed E-state index contributed by atoms with van der Waals surface area (Å²) in [6, 6.07) is 1.35. The van der Waals surface area contributed by atoms with Gasteiger partial charge in [0.2, 0.25) is 0 Å². The normalized spacial score (nSPS) is 21.3. The molecule has 2 N–H and O–H groups in total. The molecule has 0 radical (unpaired) electrons. The molecule has 2 atom stereocenters. The molecular formula is C15H32N2O. The van der Waals surface area contributed by atoms with Crippen LogP contribution in [0.3, 0.4) is 0 Å². The molecule has 1 saturated carbocycles. The fraction of sp³-hybridized carbons (Fsp3) is 1.00. The van der Waals surface area contributed by atoms with E-state index < -0.39 is 0 Å². The Morgan fingerprint density at radius 1 is 1.33 bits per heavy atom. The Morgan fingerprint density at radius 2 is 1.94 bits per heavy atom. The highest BCUT2D eigenvalue weighted by Gasteiger charge is 2.34. The first kappa shape index (κ1) is 15.9.